The number of likely N-dealkylation sites (N-methyl/N-ethyl adjacent to an activating group) is 1. The Kier molecular flexibility index (Phi) is 5.37. The van der Waals surface area contributed by atoms with Crippen LogP contribution in [0.3, 0.4) is 0 Å². The fraction of sp³-hybridized carbons (Fsp3) is 0.231. The molecule has 0 saturated heterocycles. The summed E-state index contributed by atoms with van der Waals surface area (Å²) >= 11 is 0. The lowest BCUT2D eigenvalue weighted by Crippen LogP contribution is -2.25. The summed E-state index contributed by atoms with van der Waals surface area (Å²) in [5.41, 5.74) is 12.3. The van der Waals surface area contributed by atoms with Crippen molar-refractivity contribution in [2.24, 2.45) is 12.8 Å². The van der Waals surface area contributed by atoms with Crippen molar-refractivity contribution >= 4 is 28.4 Å². The number of nitrogens with zero attached hydrogens (tertiary/aromatic N) is 4. The van der Waals surface area contributed by atoms with E-state index in [0.29, 0.717) is 13.2 Å². The maximum absolute atomic E-state index is 5.76. The van der Waals surface area contributed by atoms with Gasteiger partial charge in [-0.3, -0.25) is 9.97 Å². The van der Waals surface area contributed by atoms with E-state index >= 15 is 0 Å². The highest BCUT2D eigenvalue weighted by molar-refractivity contribution is 6.04. The number of rotatable bonds is 6. The summed E-state index contributed by atoms with van der Waals surface area (Å²) in [4.78, 5) is 11.3. The fourth-order valence-corrected chi connectivity index (χ4v) is 4.39. The maximum Gasteiger partial charge on any atom is 0.119 e. The second-order valence-electron chi connectivity index (χ2n) is 8.17. The molecule has 0 atom stereocenters. The molecule has 0 bridgehead atoms. The van der Waals surface area contributed by atoms with Gasteiger partial charge >= 0.3 is 0 Å². The average molecular weight is 426 g/mol. The highest BCUT2D eigenvalue weighted by atomic mass is 16.5. The van der Waals surface area contributed by atoms with E-state index < -0.39 is 0 Å². The number of ether oxygens (including phenoxy) is 1. The number of hydrogen-bond donors (Lipinski definition) is 1. The first kappa shape index (κ1) is 20.3. The van der Waals surface area contributed by atoms with Crippen molar-refractivity contribution in [1.29, 1.82) is 0 Å². The molecule has 0 aliphatic carbocycles. The van der Waals surface area contributed by atoms with Gasteiger partial charge in [0.2, 0.25) is 0 Å². The van der Waals surface area contributed by atoms with Gasteiger partial charge in [0.15, 0.2) is 0 Å². The fourth-order valence-electron chi connectivity index (χ4n) is 4.39. The lowest BCUT2D eigenvalue weighted by molar-refractivity contribution is 0.313. The van der Waals surface area contributed by atoms with Gasteiger partial charge < -0.3 is 19.9 Å². The molecule has 4 heterocycles. The minimum Gasteiger partial charge on any atom is -0.494 e. The molecule has 1 aliphatic rings. The van der Waals surface area contributed by atoms with Gasteiger partial charge in [-0.25, -0.2) is 0 Å². The number of pyridine rings is 2. The molecule has 5 rings (SSSR count). The van der Waals surface area contributed by atoms with Crippen LogP contribution >= 0.6 is 0 Å². The van der Waals surface area contributed by atoms with Gasteiger partial charge in [-0.05, 0) is 60.5 Å². The number of anilines is 1. The van der Waals surface area contributed by atoms with Gasteiger partial charge in [0, 0.05) is 49.5 Å². The molecular weight excluding hydrogens is 398 g/mol. The molecule has 4 aromatic rings. The Bertz CT molecular complexity index is 1280. The third kappa shape index (κ3) is 3.63. The van der Waals surface area contributed by atoms with Crippen LogP contribution in [0.2, 0.25) is 0 Å². The number of fused-ring (bicyclic) bond motifs is 3. The monoisotopic (exact) mass is 425 g/mol. The Labute approximate surface area is 188 Å². The predicted molar refractivity (Wildman–Crippen MR) is 131 cm³/mol. The van der Waals surface area contributed by atoms with Crippen molar-refractivity contribution in [2.75, 3.05) is 31.6 Å². The number of benzene rings is 1. The van der Waals surface area contributed by atoms with E-state index in [4.69, 9.17) is 15.5 Å². The summed E-state index contributed by atoms with van der Waals surface area (Å²) in [6.45, 7) is 2.13. The van der Waals surface area contributed by atoms with E-state index in [1.807, 2.05) is 36.7 Å². The van der Waals surface area contributed by atoms with Crippen LogP contribution in [-0.2, 0) is 7.05 Å². The largest absolute Gasteiger partial charge is 0.494 e. The number of aryl methyl sites for hydroxylation is 1. The van der Waals surface area contributed by atoms with Gasteiger partial charge in [0.05, 0.1) is 24.0 Å². The first-order valence-corrected chi connectivity index (χ1v) is 10.9. The van der Waals surface area contributed by atoms with Crippen molar-refractivity contribution in [2.45, 2.75) is 6.42 Å². The van der Waals surface area contributed by atoms with Crippen LogP contribution in [-0.4, -0.2) is 41.3 Å². The van der Waals surface area contributed by atoms with E-state index in [2.05, 4.69) is 52.8 Å². The third-order valence-corrected chi connectivity index (χ3v) is 5.98. The molecule has 2 N–H and O–H groups in total. The Morgan fingerprint density at radius 2 is 1.91 bits per heavy atom. The van der Waals surface area contributed by atoms with E-state index in [0.717, 1.165) is 35.5 Å². The highest BCUT2D eigenvalue weighted by Crippen LogP contribution is 2.39. The Balaban J connectivity index is 1.55. The molecule has 0 fully saturated rings. The molecule has 1 aliphatic heterocycles. The maximum atomic E-state index is 5.76. The summed E-state index contributed by atoms with van der Waals surface area (Å²) in [6.07, 6.45) is 8.77. The van der Waals surface area contributed by atoms with Gasteiger partial charge in [-0.15, -0.1) is 0 Å². The Hall–Kier alpha value is -3.64. The lowest BCUT2D eigenvalue weighted by Gasteiger charge is -2.27. The Morgan fingerprint density at radius 3 is 2.66 bits per heavy atom. The van der Waals surface area contributed by atoms with E-state index in [9.17, 15) is 0 Å². The van der Waals surface area contributed by atoms with Crippen LogP contribution in [0.4, 0.5) is 5.82 Å². The SMILES string of the molecule is CN1CC(c2ccc(OCCCN)cc2)=Cc2c1n(C)c1cnc(-c3cccnc3)cc21. The van der Waals surface area contributed by atoms with Crippen LogP contribution in [0.1, 0.15) is 17.5 Å². The Morgan fingerprint density at radius 1 is 1.06 bits per heavy atom. The van der Waals surface area contributed by atoms with Crippen LogP contribution in [0.25, 0.3) is 33.8 Å². The molecule has 6 nitrogen and oxygen atoms in total. The van der Waals surface area contributed by atoms with Crippen LogP contribution in [0, 0.1) is 0 Å². The molecule has 1 aromatic carbocycles. The molecule has 0 saturated carbocycles. The first-order valence-electron chi connectivity index (χ1n) is 10.9. The molecule has 32 heavy (non-hydrogen) atoms. The molecule has 162 valence electrons. The number of aromatic nitrogens is 3. The van der Waals surface area contributed by atoms with E-state index in [1.54, 1.807) is 6.20 Å². The molecule has 3 aromatic heterocycles. The quantitative estimate of drug-likeness (QED) is 0.465. The van der Waals surface area contributed by atoms with Crippen LogP contribution in [0.15, 0.2) is 61.1 Å². The summed E-state index contributed by atoms with van der Waals surface area (Å²) in [7, 11) is 4.25. The topological polar surface area (TPSA) is 69.2 Å². The van der Waals surface area contributed by atoms with Crippen LogP contribution < -0.4 is 15.4 Å². The van der Waals surface area contributed by atoms with Crippen molar-refractivity contribution in [1.82, 2.24) is 14.5 Å². The summed E-state index contributed by atoms with van der Waals surface area (Å²) in [6, 6.07) is 14.5. The zero-order valence-electron chi connectivity index (χ0n) is 18.5. The second-order valence-corrected chi connectivity index (χ2v) is 8.17. The zero-order valence-corrected chi connectivity index (χ0v) is 18.5. The van der Waals surface area contributed by atoms with Crippen molar-refractivity contribution < 1.29 is 4.74 Å². The summed E-state index contributed by atoms with van der Waals surface area (Å²) < 4.78 is 7.99. The minimum absolute atomic E-state index is 0.642. The molecule has 0 amide bonds. The van der Waals surface area contributed by atoms with Crippen molar-refractivity contribution in [3.8, 4) is 17.0 Å². The third-order valence-electron chi connectivity index (χ3n) is 5.98. The van der Waals surface area contributed by atoms with Gasteiger partial charge in [0.25, 0.3) is 0 Å². The van der Waals surface area contributed by atoms with Crippen molar-refractivity contribution in [3.63, 3.8) is 0 Å². The molecule has 0 radical (unpaired) electrons. The minimum atomic E-state index is 0.642. The van der Waals surface area contributed by atoms with Crippen molar-refractivity contribution in [3.05, 3.63) is 72.2 Å². The standard InChI is InChI=1S/C26H27N5O/c1-30-17-20(18-6-8-21(9-7-18)32-12-4-10-27)13-23-22-14-24(19-5-3-11-28-15-19)29-16-25(22)31(2)26(23)30/h3,5-9,11,13-16H,4,10,12,17,27H2,1-2H3. The smallest absolute Gasteiger partial charge is 0.119 e. The number of hydrogen-bond acceptors (Lipinski definition) is 5. The van der Waals surface area contributed by atoms with Gasteiger partial charge in [-0.2, -0.15) is 0 Å². The van der Waals surface area contributed by atoms with Gasteiger partial charge in [0.1, 0.15) is 11.6 Å². The van der Waals surface area contributed by atoms with Gasteiger partial charge in [-0.1, -0.05) is 12.1 Å². The number of nitrogens with two attached hydrogens (primary N) is 1. The zero-order chi connectivity index (χ0) is 22.1. The van der Waals surface area contributed by atoms with E-state index in [-0.39, 0.29) is 0 Å². The predicted octanol–water partition coefficient (Wildman–Crippen LogP) is 4.35. The molecule has 0 unspecified atom stereocenters. The molecule has 6 heteroatoms. The normalized spacial score (nSPS) is 13.2. The summed E-state index contributed by atoms with van der Waals surface area (Å²) in [5.74, 6) is 2.08. The van der Waals surface area contributed by atoms with E-state index in [1.165, 1.54) is 27.9 Å². The highest BCUT2D eigenvalue weighted by Gasteiger charge is 2.23. The first-order chi connectivity index (χ1) is 15.7. The lowest BCUT2D eigenvalue weighted by atomic mass is 9.98. The molecule has 0 spiro atoms. The average Bonchev–Trinajstić information content (AvgIpc) is 3.12. The summed E-state index contributed by atoms with van der Waals surface area (Å²) in [5, 5.41) is 1.20. The molecular formula is C26H27N5O. The second kappa shape index (κ2) is 8.48. The van der Waals surface area contributed by atoms with Crippen LogP contribution in [0.5, 0.6) is 5.75 Å².